The molecule has 2 atom stereocenters. The smallest absolute Gasteiger partial charge is 0.309 e. The van der Waals surface area contributed by atoms with Crippen molar-refractivity contribution < 1.29 is 14.7 Å². The number of carbonyl (C=O) groups excluding carboxylic acids is 1. The second kappa shape index (κ2) is 6.12. The van der Waals surface area contributed by atoms with Crippen LogP contribution < -0.4 is 5.32 Å². The SMILES string of the molecule is CCCC1(C(=O)O)CCN(C(=O)C2NCCC2C)CC1. The van der Waals surface area contributed by atoms with E-state index in [1.54, 1.807) is 0 Å². The van der Waals surface area contributed by atoms with Gasteiger partial charge in [-0.25, -0.2) is 0 Å². The third-order valence-corrected chi connectivity index (χ3v) is 5.01. The number of aliphatic carboxylic acids is 1. The van der Waals surface area contributed by atoms with Crippen LogP contribution in [0.2, 0.25) is 0 Å². The van der Waals surface area contributed by atoms with Gasteiger partial charge in [-0.15, -0.1) is 0 Å². The number of carboxylic acids is 1. The highest BCUT2D eigenvalue weighted by atomic mass is 16.4. The van der Waals surface area contributed by atoms with Gasteiger partial charge in [-0.3, -0.25) is 9.59 Å². The highest BCUT2D eigenvalue weighted by Crippen LogP contribution is 2.37. The average molecular weight is 282 g/mol. The van der Waals surface area contributed by atoms with Crippen molar-refractivity contribution in [1.29, 1.82) is 0 Å². The molecule has 5 heteroatoms. The maximum absolute atomic E-state index is 12.5. The highest BCUT2D eigenvalue weighted by molar-refractivity contribution is 5.83. The number of likely N-dealkylation sites (tertiary alicyclic amines) is 1. The third kappa shape index (κ3) is 2.82. The minimum atomic E-state index is -0.696. The number of hydrogen-bond acceptors (Lipinski definition) is 3. The Morgan fingerprint density at radius 1 is 1.35 bits per heavy atom. The Bertz CT molecular complexity index is 375. The van der Waals surface area contributed by atoms with Crippen LogP contribution in [0, 0.1) is 11.3 Å². The summed E-state index contributed by atoms with van der Waals surface area (Å²) < 4.78 is 0. The molecule has 0 bridgehead atoms. The molecule has 2 aliphatic rings. The van der Waals surface area contributed by atoms with Crippen LogP contribution in [-0.2, 0) is 9.59 Å². The number of carbonyl (C=O) groups is 2. The molecule has 5 nitrogen and oxygen atoms in total. The van der Waals surface area contributed by atoms with Crippen molar-refractivity contribution >= 4 is 11.9 Å². The summed E-state index contributed by atoms with van der Waals surface area (Å²) in [5.74, 6) is -0.159. The van der Waals surface area contributed by atoms with Crippen molar-refractivity contribution in [2.24, 2.45) is 11.3 Å². The number of nitrogens with zero attached hydrogens (tertiary/aromatic N) is 1. The van der Waals surface area contributed by atoms with Crippen LogP contribution in [0.4, 0.5) is 0 Å². The lowest BCUT2D eigenvalue weighted by Crippen LogP contribution is -2.52. The second-order valence-electron chi connectivity index (χ2n) is 6.36. The van der Waals surface area contributed by atoms with E-state index in [1.165, 1.54) is 0 Å². The molecule has 0 aromatic heterocycles. The Kier molecular flexibility index (Phi) is 4.68. The minimum Gasteiger partial charge on any atom is -0.481 e. The lowest BCUT2D eigenvalue weighted by molar-refractivity contribution is -0.155. The molecule has 2 rings (SSSR count). The summed E-state index contributed by atoms with van der Waals surface area (Å²) in [6, 6.07) is -0.0708. The first-order chi connectivity index (χ1) is 9.50. The van der Waals surface area contributed by atoms with Gasteiger partial charge in [-0.1, -0.05) is 20.3 Å². The summed E-state index contributed by atoms with van der Waals surface area (Å²) in [7, 11) is 0. The predicted octanol–water partition coefficient (Wildman–Crippen LogP) is 1.48. The maximum Gasteiger partial charge on any atom is 0.309 e. The van der Waals surface area contributed by atoms with Crippen molar-refractivity contribution in [3.63, 3.8) is 0 Å². The second-order valence-corrected chi connectivity index (χ2v) is 6.36. The first kappa shape index (κ1) is 15.3. The van der Waals surface area contributed by atoms with Gasteiger partial charge in [0, 0.05) is 13.1 Å². The van der Waals surface area contributed by atoms with Crippen LogP contribution >= 0.6 is 0 Å². The zero-order chi connectivity index (χ0) is 14.8. The fraction of sp³-hybridized carbons (Fsp3) is 0.867. The maximum atomic E-state index is 12.5. The van der Waals surface area contributed by atoms with Crippen LogP contribution in [0.1, 0.15) is 46.0 Å². The molecule has 2 saturated heterocycles. The summed E-state index contributed by atoms with van der Waals surface area (Å²) in [6.45, 7) is 6.18. The number of carboxylic acid groups (broad SMARTS) is 1. The van der Waals surface area contributed by atoms with Crippen molar-refractivity contribution in [3.8, 4) is 0 Å². The highest BCUT2D eigenvalue weighted by Gasteiger charge is 2.43. The van der Waals surface area contributed by atoms with Gasteiger partial charge in [0.2, 0.25) is 5.91 Å². The van der Waals surface area contributed by atoms with Crippen molar-refractivity contribution in [2.75, 3.05) is 19.6 Å². The van der Waals surface area contributed by atoms with E-state index in [0.29, 0.717) is 38.3 Å². The average Bonchev–Trinajstić information content (AvgIpc) is 2.85. The number of hydrogen-bond donors (Lipinski definition) is 2. The van der Waals surface area contributed by atoms with Gasteiger partial charge in [0.15, 0.2) is 0 Å². The Morgan fingerprint density at radius 2 is 2.00 bits per heavy atom. The molecule has 2 heterocycles. The first-order valence-corrected chi connectivity index (χ1v) is 7.76. The largest absolute Gasteiger partial charge is 0.481 e. The number of nitrogens with one attached hydrogen (secondary N) is 1. The van der Waals surface area contributed by atoms with Gasteiger partial charge in [0.05, 0.1) is 11.5 Å². The summed E-state index contributed by atoms with van der Waals surface area (Å²) in [4.78, 5) is 25.9. The summed E-state index contributed by atoms with van der Waals surface area (Å²) in [6.07, 6.45) is 3.80. The molecule has 2 fully saturated rings. The van der Waals surface area contributed by atoms with E-state index in [-0.39, 0.29) is 11.9 Å². The van der Waals surface area contributed by atoms with Gasteiger partial charge >= 0.3 is 5.97 Å². The van der Waals surface area contributed by atoms with E-state index >= 15 is 0 Å². The third-order valence-electron chi connectivity index (χ3n) is 5.01. The molecule has 2 aliphatic heterocycles. The fourth-order valence-corrected chi connectivity index (χ4v) is 3.57. The first-order valence-electron chi connectivity index (χ1n) is 7.76. The molecule has 1 amide bonds. The van der Waals surface area contributed by atoms with Crippen molar-refractivity contribution in [1.82, 2.24) is 10.2 Å². The Morgan fingerprint density at radius 3 is 2.45 bits per heavy atom. The molecular formula is C15H26N2O3. The predicted molar refractivity (Wildman–Crippen MR) is 76.4 cm³/mol. The minimum absolute atomic E-state index is 0.0708. The lowest BCUT2D eigenvalue weighted by Gasteiger charge is -2.40. The van der Waals surface area contributed by atoms with E-state index in [1.807, 2.05) is 11.8 Å². The number of amides is 1. The normalized spacial score (nSPS) is 29.4. The van der Waals surface area contributed by atoms with E-state index in [4.69, 9.17) is 0 Å². The van der Waals surface area contributed by atoms with Crippen LogP contribution in [0.25, 0.3) is 0 Å². The summed E-state index contributed by atoms with van der Waals surface area (Å²) >= 11 is 0. The summed E-state index contributed by atoms with van der Waals surface area (Å²) in [5.41, 5.74) is -0.611. The molecule has 2 unspecified atom stereocenters. The summed E-state index contributed by atoms with van der Waals surface area (Å²) in [5, 5.41) is 12.7. The van der Waals surface area contributed by atoms with E-state index in [2.05, 4.69) is 12.2 Å². The van der Waals surface area contributed by atoms with Crippen molar-refractivity contribution in [2.45, 2.75) is 52.0 Å². The molecule has 20 heavy (non-hydrogen) atoms. The standard InChI is InChI=1S/C15H26N2O3/c1-3-5-15(14(19)20)6-9-17(10-7-15)13(18)12-11(2)4-8-16-12/h11-12,16H,3-10H2,1-2H3,(H,19,20). The fourth-order valence-electron chi connectivity index (χ4n) is 3.57. The van der Waals surface area contributed by atoms with Gasteiger partial charge in [-0.2, -0.15) is 0 Å². The van der Waals surface area contributed by atoms with Crippen LogP contribution in [0.5, 0.6) is 0 Å². The van der Waals surface area contributed by atoms with E-state index in [0.717, 1.165) is 19.4 Å². The quantitative estimate of drug-likeness (QED) is 0.819. The van der Waals surface area contributed by atoms with Crippen LogP contribution in [0.3, 0.4) is 0 Å². The van der Waals surface area contributed by atoms with Gasteiger partial charge in [0.1, 0.15) is 0 Å². The molecule has 0 radical (unpaired) electrons. The molecule has 114 valence electrons. The molecule has 0 aromatic rings. The van der Waals surface area contributed by atoms with Gasteiger partial charge in [0.25, 0.3) is 0 Å². The number of rotatable bonds is 4. The Balaban J connectivity index is 1.96. The Labute approximate surface area is 120 Å². The van der Waals surface area contributed by atoms with Gasteiger partial charge in [-0.05, 0) is 38.1 Å². The zero-order valence-corrected chi connectivity index (χ0v) is 12.5. The number of piperidine rings is 1. The molecule has 0 saturated carbocycles. The van der Waals surface area contributed by atoms with Gasteiger partial charge < -0.3 is 15.3 Å². The Hall–Kier alpha value is -1.10. The topological polar surface area (TPSA) is 69.6 Å². The monoisotopic (exact) mass is 282 g/mol. The van der Waals surface area contributed by atoms with E-state index in [9.17, 15) is 14.7 Å². The van der Waals surface area contributed by atoms with E-state index < -0.39 is 11.4 Å². The van der Waals surface area contributed by atoms with Crippen LogP contribution in [-0.4, -0.2) is 47.6 Å². The molecule has 0 spiro atoms. The zero-order valence-electron chi connectivity index (χ0n) is 12.5. The molecule has 0 aromatic carbocycles. The molecule has 0 aliphatic carbocycles. The molecule has 2 N–H and O–H groups in total. The lowest BCUT2D eigenvalue weighted by atomic mass is 9.75. The van der Waals surface area contributed by atoms with Crippen LogP contribution in [0.15, 0.2) is 0 Å². The molecular weight excluding hydrogens is 256 g/mol. The van der Waals surface area contributed by atoms with Crippen molar-refractivity contribution in [3.05, 3.63) is 0 Å².